The molecule has 9 heteroatoms. The van der Waals surface area contributed by atoms with Crippen LogP contribution in [0.1, 0.15) is 24.2 Å². The molecule has 3 amide bonds. The average molecular weight is 436 g/mol. The standard InChI is InChI=1S/C22H20N4O4S/c27-19-6-4-13-8-14(3-5-17(13)23-19)18-12-31-22(24-18)25-21(29)15-9-20(28)26(10-15)11-16-2-1-7-30-16/h1-3,5,7-8,12,15H,4,6,9-11H2,(H,23,27)(H,24,25,29)/t15-/m0/s1. The first-order valence-electron chi connectivity index (χ1n) is 10.0. The minimum atomic E-state index is -0.415. The number of carbonyl (C=O) groups is 3. The van der Waals surface area contributed by atoms with Crippen molar-refractivity contribution in [3.8, 4) is 11.3 Å². The van der Waals surface area contributed by atoms with Gasteiger partial charge in [-0.05, 0) is 36.2 Å². The third kappa shape index (κ3) is 4.09. The van der Waals surface area contributed by atoms with Gasteiger partial charge >= 0.3 is 0 Å². The molecule has 0 aliphatic carbocycles. The first-order chi connectivity index (χ1) is 15.0. The Balaban J connectivity index is 1.23. The second-order valence-electron chi connectivity index (χ2n) is 7.70. The molecule has 5 rings (SSSR count). The van der Waals surface area contributed by atoms with Crippen LogP contribution in [0.2, 0.25) is 0 Å². The van der Waals surface area contributed by atoms with Crippen molar-refractivity contribution in [3.63, 3.8) is 0 Å². The molecule has 2 N–H and O–H groups in total. The van der Waals surface area contributed by atoms with E-state index < -0.39 is 5.92 Å². The Bertz CT molecular complexity index is 1150. The number of carbonyl (C=O) groups excluding carboxylic acids is 3. The van der Waals surface area contributed by atoms with Gasteiger partial charge in [0.2, 0.25) is 17.7 Å². The number of likely N-dealkylation sites (tertiary alicyclic amines) is 1. The molecular weight excluding hydrogens is 416 g/mol. The molecule has 1 atom stereocenters. The van der Waals surface area contributed by atoms with Gasteiger partial charge in [-0.15, -0.1) is 11.3 Å². The SMILES string of the molecule is O=C1CCc2cc(-c3csc(NC(=O)[C@H]4CC(=O)N(Cc5ccco5)C4)n3)ccc2N1. The Morgan fingerprint density at radius 3 is 3.03 bits per heavy atom. The van der Waals surface area contributed by atoms with Crippen LogP contribution in [0.3, 0.4) is 0 Å². The molecule has 0 unspecified atom stereocenters. The van der Waals surface area contributed by atoms with Crippen molar-refractivity contribution in [1.82, 2.24) is 9.88 Å². The lowest BCUT2D eigenvalue weighted by Gasteiger charge is -2.17. The zero-order valence-corrected chi connectivity index (χ0v) is 17.4. The third-order valence-electron chi connectivity index (χ3n) is 5.54. The van der Waals surface area contributed by atoms with E-state index in [1.54, 1.807) is 17.2 Å². The van der Waals surface area contributed by atoms with E-state index >= 15 is 0 Å². The molecule has 4 heterocycles. The summed E-state index contributed by atoms with van der Waals surface area (Å²) in [5, 5.41) is 8.12. The molecule has 2 aromatic heterocycles. The lowest BCUT2D eigenvalue weighted by molar-refractivity contribution is -0.128. The smallest absolute Gasteiger partial charge is 0.231 e. The van der Waals surface area contributed by atoms with Gasteiger partial charge in [0.1, 0.15) is 5.76 Å². The zero-order valence-electron chi connectivity index (χ0n) is 16.6. The van der Waals surface area contributed by atoms with Crippen LogP contribution in [0.4, 0.5) is 10.8 Å². The maximum atomic E-state index is 12.7. The number of thiazole rings is 1. The van der Waals surface area contributed by atoms with Gasteiger partial charge in [-0.2, -0.15) is 0 Å². The van der Waals surface area contributed by atoms with Gasteiger partial charge in [0.15, 0.2) is 5.13 Å². The molecule has 1 saturated heterocycles. The number of fused-ring (bicyclic) bond motifs is 1. The van der Waals surface area contributed by atoms with Crippen molar-refractivity contribution in [2.45, 2.75) is 25.8 Å². The Hall–Kier alpha value is -3.46. The normalized spacial score (nSPS) is 18.1. The van der Waals surface area contributed by atoms with Gasteiger partial charge in [-0.1, -0.05) is 6.07 Å². The van der Waals surface area contributed by atoms with E-state index in [1.807, 2.05) is 29.6 Å². The van der Waals surface area contributed by atoms with E-state index in [2.05, 4.69) is 15.6 Å². The fourth-order valence-electron chi connectivity index (χ4n) is 3.91. The van der Waals surface area contributed by atoms with Crippen LogP contribution >= 0.6 is 11.3 Å². The van der Waals surface area contributed by atoms with Crippen LogP contribution in [-0.4, -0.2) is 34.2 Å². The van der Waals surface area contributed by atoms with Crippen molar-refractivity contribution in [2.24, 2.45) is 5.92 Å². The minimum Gasteiger partial charge on any atom is -0.467 e. The van der Waals surface area contributed by atoms with Crippen molar-refractivity contribution >= 4 is 39.9 Å². The van der Waals surface area contributed by atoms with Crippen molar-refractivity contribution in [3.05, 3.63) is 53.3 Å². The highest BCUT2D eigenvalue weighted by atomic mass is 32.1. The van der Waals surface area contributed by atoms with E-state index in [9.17, 15) is 14.4 Å². The van der Waals surface area contributed by atoms with Gasteiger partial charge in [0.05, 0.1) is 24.4 Å². The molecule has 0 bridgehead atoms. The van der Waals surface area contributed by atoms with Crippen LogP contribution in [0.5, 0.6) is 0 Å². The molecular formula is C22H20N4O4S. The fourth-order valence-corrected chi connectivity index (χ4v) is 4.63. The van der Waals surface area contributed by atoms with Crippen LogP contribution in [0.15, 0.2) is 46.4 Å². The second-order valence-corrected chi connectivity index (χ2v) is 8.56. The molecule has 0 spiro atoms. The predicted octanol–water partition coefficient (Wildman–Crippen LogP) is 3.28. The van der Waals surface area contributed by atoms with Gasteiger partial charge in [0.25, 0.3) is 0 Å². The van der Waals surface area contributed by atoms with Crippen molar-refractivity contribution in [2.75, 3.05) is 17.2 Å². The molecule has 2 aliphatic rings. The van der Waals surface area contributed by atoms with E-state index in [-0.39, 0.29) is 24.1 Å². The number of furan rings is 1. The fraction of sp³-hybridized carbons (Fsp3) is 0.273. The lowest BCUT2D eigenvalue weighted by Crippen LogP contribution is -2.27. The molecule has 1 fully saturated rings. The minimum absolute atomic E-state index is 0.0343. The maximum Gasteiger partial charge on any atom is 0.231 e. The van der Waals surface area contributed by atoms with Gasteiger partial charge in [0, 0.05) is 36.0 Å². The summed E-state index contributed by atoms with van der Waals surface area (Å²) in [6, 6.07) is 9.41. The number of hydrogen-bond acceptors (Lipinski definition) is 6. The first-order valence-corrected chi connectivity index (χ1v) is 10.9. The van der Waals surface area contributed by atoms with E-state index in [4.69, 9.17) is 4.42 Å². The van der Waals surface area contributed by atoms with E-state index in [1.165, 1.54) is 11.3 Å². The summed E-state index contributed by atoms with van der Waals surface area (Å²) < 4.78 is 5.30. The number of anilines is 2. The van der Waals surface area contributed by atoms with Crippen LogP contribution < -0.4 is 10.6 Å². The van der Waals surface area contributed by atoms with Gasteiger partial charge in [-0.25, -0.2) is 4.98 Å². The molecule has 158 valence electrons. The Morgan fingerprint density at radius 1 is 1.29 bits per heavy atom. The highest BCUT2D eigenvalue weighted by molar-refractivity contribution is 7.14. The molecule has 0 saturated carbocycles. The summed E-state index contributed by atoms with van der Waals surface area (Å²) in [6.45, 7) is 0.732. The van der Waals surface area contributed by atoms with E-state index in [0.29, 0.717) is 36.8 Å². The number of amides is 3. The second kappa shape index (κ2) is 7.99. The highest BCUT2D eigenvalue weighted by Crippen LogP contribution is 2.31. The maximum absolute atomic E-state index is 12.7. The van der Waals surface area contributed by atoms with Crippen molar-refractivity contribution in [1.29, 1.82) is 0 Å². The molecule has 2 aliphatic heterocycles. The van der Waals surface area contributed by atoms with Crippen LogP contribution in [-0.2, 0) is 27.3 Å². The Labute approximate surface area is 182 Å². The largest absolute Gasteiger partial charge is 0.467 e. The van der Waals surface area contributed by atoms with Gasteiger partial charge < -0.3 is 20.0 Å². The highest BCUT2D eigenvalue weighted by Gasteiger charge is 2.35. The number of nitrogens with one attached hydrogen (secondary N) is 2. The number of aromatic nitrogens is 1. The Morgan fingerprint density at radius 2 is 2.19 bits per heavy atom. The zero-order chi connectivity index (χ0) is 21.4. The molecule has 31 heavy (non-hydrogen) atoms. The lowest BCUT2D eigenvalue weighted by atomic mass is 9.99. The molecule has 3 aromatic rings. The first kappa shape index (κ1) is 19.5. The summed E-state index contributed by atoms with van der Waals surface area (Å²) >= 11 is 1.35. The predicted molar refractivity (Wildman–Crippen MR) is 115 cm³/mol. The van der Waals surface area contributed by atoms with E-state index in [0.717, 1.165) is 22.5 Å². The summed E-state index contributed by atoms with van der Waals surface area (Å²) in [4.78, 5) is 42.7. The number of aryl methyl sites for hydroxylation is 1. The summed E-state index contributed by atoms with van der Waals surface area (Å²) in [7, 11) is 0. The molecule has 1 aromatic carbocycles. The average Bonchev–Trinajstić information content (AvgIpc) is 3.50. The quantitative estimate of drug-likeness (QED) is 0.639. The topological polar surface area (TPSA) is 105 Å². The monoisotopic (exact) mass is 436 g/mol. The molecule has 0 radical (unpaired) electrons. The Kier molecular flexibility index (Phi) is 5.03. The van der Waals surface area contributed by atoms with Gasteiger partial charge in [-0.3, -0.25) is 14.4 Å². The summed E-state index contributed by atoms with van der Waals surface area (Å²) in [6.07, 6.45) is 2.93. The number of rotatable bonds is 5. The van der Waals surface area contributed by atoms with Crippen LogP contribution in [0.25, 0.3) is 11.3 Å². The number of nitrogens with zero attached hydrogens (tertiary/aromatic N) is 2. The summed E-state index contributed by atoms with van der Waals surface area (Å²) in [5.41, 5.74) is 3.62. The summed E-state index contributed by atoms with van der Waals surface area (Å²) in [5.74, 6) is 0.0552. The van der Waals surface area contributed by atoms with Crippen LogP contribution in [0, 0.1) is 5.92 Å². The third-order valence-corrected chi connectivity index (χ3v) is 6.30. The number of hydrogen-bond donors (Lipinski definition) is 2. The molecule has 8 nitrogen and oxygen atoms in total. The number of benzene rings is 1. The van der Waals surface area contributed by atoms with Crippen molar-refractivity contribution < 1.29 is 18.8 Å².